The highest BCUT2D eigenvalue weighted by molar-refractivity contribution is 5.94. The third-order valence-electron chi connectivity index (χ3n) is 4.30. The van der Waals surface area contributed by atoms with Gasteiger partial charge < -0.3 is 19.7 Å². The second-order valence-corrected chi connectivity index (χ2v) is 5.96. The maximum absolute atomic E-state index is 12.4. The molecule has 3 rings (SSSR count). The summed E-state index contributed by atoms with van der Waals surface area (Å²) in [6.07, 6.45) is 0. The van der Waals surface area contributed by atoms with Crippen molar-refractivity contribution in [3.63, 3.8) is 0 Å². The van der Waals surface area contributed by atoms with E-state index in [1.54, 1.807) is 32.4 Å². The van der Waals surface area contributed by atoms with E-state index in [1.807, 2.05) is 12.1 Å². The minimum absolute atomic E-state index is 0.0499. The monoisotopic (exact) mass is 326 g/mol. The quantitative estimate of drug-likeness (QED) is 0.916. The number of carbonyl (C=O) groups excluding carboxylic acids is 1. The molecule has 0 saturated carbocycles. The fraction of sp³-hybridized carbons (Fsp3) is 0.316. The van der Waals surface area contributed by atoms with Crippen molar-refractivity contribution in [2.45, 2.75) is 12.8 Å². The molecule has 1 amide bonds. The van der Waals surface area contributed by atoms with Crippen LogP contribution >= 0.6 is 0 Å². The summed E-state index contributed by atoms with van der Waals surface area (Å²) in [6, 6.07) is 13.6. The van der Waals surface area contributed by atoms with E-state index in [4.69, 9.17) is 9.47 Å². The molecule has 1 aliphatic rings. The SMILES string of the molecule is COc1ccc(NC(=O)CN2CC(C)c3ccccc32)cc1OC. The second kappa shape index (κ2) is 6.83. The van der Waals surface area contributed by atoms with Crippen molar-refractivity contribution in [3.05, 3.63) is 48.0 Å². The molecule has 1 atom stereocenters. The molecule has 1 unspecified atom stereocenters. The third kappa shape index (κ3) is 3.15. The Balaban J connectivity index is 1.69. The van der Waals surface area contributed by atoms with Gasteiger partial charge in [0.05, 0.1) is 20.8 Å². The lowest BCUT2D eigenvalue weighted by Gasteiger charge is -2.19. The predicted molar refractivity (Wildman–Crippen MR) is 95.2 cm³/mol. The second-order valence-electron chi connectivity index (χ2n) is 5.96. The largest absolute Gasteiger partial charge is 0.493 e. The lowest BCUT2D eigenvalue weighted by molar-refractivity contribution is -0.115. The molecule has 1 N–H and O–H groups in total. The summed E-state index contributed by atoms with van der Waals surface area (Å²) in [7, 11) is 3.16. The summed E-state index contributed by atoms with van der Waals surface area (Å²) in [5, 5.41) is 2.92. The number of carbonyl (C=O) groups is 1. The molecular formula is C19H22N2O3. The molecule has 1 heterocycles. The zero-order valence-corrected chi connectivity index (χ0v) is 14.2. The van der Waals surface area contributed by atoms with Gasteiger partial charge in [0.25, 0.3) is 0 Å². The number of methoxy groups -OCH3 is 2. The molecule has 2 aromatic carbocycles. The number of rotatable bonds is 5. The topological polar surface area (TPSA) is 50.8 Å². The highest BCUT2D eigenvalue weighted by atomic mass is 16.5. The van der Waals surface area contributed by atoms with Crippen molar-refractivity contribution in [2.24, 2.45) is 0 Å². The Labute approximate surface area is 142 Å². The van der Waals surface area contributed by atoms with Crippen LogP contribution in [0.5, 0.6) is 11.5 Å². The standard InChI is InChI=1S/C19H22N2O3/c1-13-11-21(16-7-5-4-6-15(13)16)12-19(22)20-14-8-9-17(23-2)18(10-14)24-3/h4-10,13H,11-12H2,1-3H3,(H,20,22). The zero-order valence-electron chi connectivity index (χ0n) is 14.2. The Kier molecular flexibility index (Phi) is 4.60. The van der Waals surface area contributed by atoms with Crippen molar-refractivity contribution in [2.75, 3.05) is 37.5 Å². The van der Waals surface area contributed by atoms with Gasteiger partial charge in [-0.1, -0.05) is 25.1 Å². The first-order valence-corrected chi connectivity index (χ1v) is 7.98. The summed E-state index contributed by atoms with van der Waals surface area (Å²) in [5.74, 6) is 1.62. The number of amides is 1. The lowest BCUT2D eigenvalue weighted by atomic mass is 10.0. The van der Waals surface area contributed by atoms with E-state index in [0.717, 1.165) is 12.2 Å². The summed E-state index contributed by atoms with van der Waals surface area (Å²) < 4.78 is 10.5. The normalized spacial score (nSPS) is 15.8. The summed E-state index contributed by atoms with van der Waals surface area (Å²) >= 11 is 0. The van der Waals surface area contributed by atoms with E-state index in [-0.39, 0.29) is 5.91 Å². The van der Waals surface area contributed by atoms with Crippen LogP contribution in [0, 0.1) is 0 Å². The number of fused-ring (bicyclic) bond motifs is 1. The van der Waals surface area contributed by atoms with Crippen LogP contribution in [0.4, 0.5) is 11.4 Å². The van der Waals surface area contributed by atoms with E-state index in [0.29, 0.717) is 29.6 Å². The Morgan fingerprint density at radius 2 is 1.92 bits per heavy atom. The fourth-order valence-corrected chi connectivity index (χ4v) is 3.16. The van der Waals surface area contributed by atoms with Crippen LogP contribution in [0.1, 0.15) is 18.4 Å². The van der Waals surface area contributed by atoms with Crippen LogP contribution in [0.15, 0.2) is 42.5 Å². The van der Waals surface area contributed by atoms with Crippen LogP contribution in [0.25, 0.3) is 0 Å². The molecule has 5 nitrogen and oxygen atoms in total. The minimum Gasteiger partial charge on any atom is -0.493 e. The first kappa shape index (κ1) is 16.2. The van der Waals surface area contributed by atoms with E-state index in [2.05, 4.69) is 29.3 Å². The van der Waals surface area contributed by atoms with E-state index in [9.17, 15) is 4.79 Å². The van der Waals surface area contributed by atoms with E-state index in [1.165, 1.54) is 5.56 Å². The van der Waals surface area contributed by atoms with Crippen LogP contribution in [-0.2, 0) is 4.79 Å². The molecule has 1 aliphatic heterocycles. The molecule has 0 fully saturated rings. The Morgan fingerprint density at radius 1 is 1.17 bits per heavy atom. The summed E-state index contributed by atoms with van der Waals surface area (Å²) in [4.78, 5) is 14.5. The smallest absolute Gasteiger partial charge is 0.243 e. The Bertz CT molecular complexity index is 745. The number of hydrogen-bond donors (Lipinski definition) is 1. The third-order valence-corrected chi connectivity index (χ3v) is 4.30. The van der Waals surface area contributed by atoms with Gasteiger partial charge in [0.15, 0.2) is 11.5 Å². The molecule has 5 heteroatoms. The fourth-order valence-electron chi connectivity index (χ4n) is 3.16. The molecule has 0 bridgehead atoms. The number of para-hydroxylation sites is 1. The van der Waals surface area contributed by atoms with Gasteiger partial charge in [0.2, 0.25) is 5.91 Å². The van der Waals surface area contributed by atoms with Crippen LogP contribution in [-0.4, -0.2) is 33.2 Å². The lowest BCUT2D eigenvalue weighted by Crippen LogP contribution is -2.32. The van der Waals surface area contributed by atoms with Crippen LogP contribution < -0.4 is 19.7 Å². The minimum atomic E-state index is -0.0499. The van der Waals surface area contributed by atoms with Gasteiger partial charge in [-0.25, -0.2) is 0 Å². The zero-order chi connectivity index (χ0) is 17.1. The molecule has 0 radical (unpaired) electrons. The van der Waals surface area contributed by atoms with Crippen molar-refractivity contribution in [3.8, 4) is 11.5 Å². The van der Waals surface area contributed by atoms with Crippen molar-refractivity contribution < 1.29 is 14.3 Å². The predicted octanol–water partition coefficient (Wildman–Crippen LogP) is 3.27. The van der Waals surface area contributed by atoms with Gasteiger partial charge in [-0.2, -0.15) is 0 Å². The molecule has 126 valence electrons. The molecule has 0 aliphatic carbocycles. The Morgan fingerprint density at radius 3 is 2.67 bits per heavy atom. The number of anilines is 2. The summed E-state index contributed by atoms with van der Waals surface area (Å²) in [5.41, 5.74) is 3.14. The highest BCUT2D eigenvalue weighted by Crippen LogP contribution is 2.35. The number of ether oxygens (including phenoxy) is 2. The van der Waals surface area contributed by atoms with Gasteiger partial charge in [0.1, 0.15) is 0 Å². The average molecular weight is 326 g/mol. The van der Waals surface area contributed by atoms with Gasteiger partial charge in [-0.3, -0.25) is 4.79 Å². The molecular weight excluding hydrogens is 304 g/mol. The van der Waals surface area contributed by atoms with Gasteiger partial charge in [0, 0.05) is 29.9 Å². The maximum Gasteiger partial charge on any atom is 0.243 e. The van der Waals surface area contributed by atoms with E-state index >= 15 is 0 Å². The van der Waals surface area contributed by atoms with Crippen LogP contribution in [0.2, 0.25) is 0 Å². The molecule has 0 saturated heterocycles. The first-order valence-electron chi connectivity index (χ1n) is 7.98. The summed E-state index contributed by atoms with van der Waals surface area (Å²) in [6.45, 7) is 3.37. The average Bonchev–Trinajstić information content (AvgIpc) is 2.91. The number of benzene rings is 2. The molecule has 0 spiro atoms. The highest BCUT2D eigenvalue weighted by Gasteiger charge is 2.26. The van der Waals surface area contributed by atoms with Crippen molar-refractivity contribution >= 4 is 17.3 Å². The van der Waals surface area contributed by atoms with Crippen LogP contribution in [0.3, 0.4) is 0 Å². The van der Waals surface area contributed by atoms with Gasteiger partial charge in [-0.15, -0.1) is 0 Å². The van der Waals surface area contributed by atoms with Gasteiger partial charge in [-0.05, 0) is 23.8 Å². The maximum atomic E-state index is 12.4. The Hall–Kier alpha value is -2.69. The van der Waals surface area contributed by atoms with Crippen molar-refractivity contribution in [1.82, 2.24) is 0 Å². The number of nitrogens with one attached hydrogen (secondary N) is 1. The van der Waals surface area contributed by atoms with Gasteiger partial charge >= 0.3 is 0 Å². The number of nitrogens with zero attached hydrogens (tertiary/aromatic N) is 1. The number of hydrogen-bond acceptors (Lipinski definition) is 4. The molecule has 0 aromatic heterocycles. The first-order chi connectivity index (χ1) is 11.6. The molecule has 24 heavy (non-hydrogen) atoms. The molecule has 2 aromatic rings. The van der Waals surface area contributed by atoms with Crippen molar-refractivity contribution in [1.29, 1.82) is 0 Å². The van der Waals surface area contributed by atoms with E-state index < -0.39 is 0 Å².